The van der Waals surface area contributed by atoms with Crippen molar-refractivity contribution in [2.75, 3.05) is 5.32 Å². The van der Waals surface area contributed by atoms with E-state index in [0.717, 1.165) is 24.3 Å². The minimum atomic E-state index is 0.196. The maximum absolute atomic E-state index is 6.49. The molecule has 2 atom stereocenters. The number of halogens is 1. The van der Waals surface area contributed by atoms with Gasteiger partial charge in [-0.15, -0.1) is 11.6 Å². The molecule has 0 radical (unpaired) electrons. The van der Waals surface area contributed by atoms with Crippen molar-refractivity contribution in [3.63, 3.8) is 0 Å². The average molecular weight is 279 g/mol. The number of anilines is 1. The Morgan fingerprint density at radius 3 is 3.00 bits per heavy atom. The molecule has 5 heteroatoms. The zero-order valence-electron chi connectivity index (χ0n) is 11.1. The van der Waals surface area contributed by atoms with Crippen LogP contribution in [0.5, 0.6) is 0 Å². The topological polar surface area (TPSA) is 42.2 Å². The van der Waals surface area contributed by atoms with Crippen LogP contribution in [0, 0.1) is 6.92 Å². The van der Waals surface area contributed by atoms with Gasteiger partial charge in [0.05, 0.1) is 5.38 Å². The lowest BCUT2D eigenvalue weighted by Crippen LogP contribution is -2.29. The van der Waals surface area contributed by atoms with Crippen molar-refractivity contribution < 1.29 is 0 Å². The van der Waals surface area contributed by atoms with E-state index in [0.29, 0.717) is 6.04 Å². The molecule has 3 rings (SSSR count). The van der Waals surface area contributed by atoms with Crippen LogP contribution in [0.15, 0.2) is 18.5 Å². The number of nitrogens with one attached hydrogen (secondary N) is 1. The summed E-state index contributed by atoms with van der Waals surface area (Å²) in [6, 6.07) is 4.46. The van der Waals surface area contributed by atoms with Gasteiger partial charge < -0.3 is 5.32 Å². The fourth-order valence-electron chi connectivity index (χ4n) is 2.77. The average Bonchev–Trinajstić information content (AvgIpc) is 2.75. The zero-order valence-corrected chi connectivity index (χ0v) is 11.9. The maximum Gasteiger partial charge on any atom is 0.157 e. The first-order valence-electron chi connectivity index (χ1n) is 6.95. The summed E-state index contributed by atoms with van der Waals surface area (Å²) in [5, 5.41) is 8.04. The van der Waals surface area contributed by atoms with E-state index in [1.807, 2.05) is 10.6 Å². The van der Waals surface area contributed by atoms with Gasteiger partial charge in [-0.25, -0.2) is 4.98 Å². The number of nitrogens with zero attached hydrogens (tertiary/aromatic N) is 3. The van der Waals surface area contributed by atoms with Crippen LogP contribution < -0.4 is 5.32 Å². The maximum atomic E-state index is 6.49. The first kappa shape index (κ1) is 12.7. The van der Waals surface area contributed by atoms with E-state index in [4.69, 9.17) is 11.6 Å². The molecule has 19 heavy (non-hydrogen) atoms. The van der Waals surface area contributed by atoms with Gasteiger partial charge in [0, 0.05) is 6.04 Å². The first-order chi connectivity index (χ1) is 9.24. The Hall–Kier alpha value is -1.29. The molecule has 2 unspecified atom stereocenters. The van der Waals surface area contributed by atoms with Gasteiger partial charge in [0.1, 0.15) is 12.1 Å². The normalized spacial score (nSPS) is 24.3. The van der Waals surface area contributed by atoms with Gasteiger partial charge in [0.15, 0.2) is 5.65 Å². The van der Waals surface area contributed by atoms with Crippen molar-refractivity contribution in [2.24, 2.45) is 0 Å². The molecule has 1 fully saturated rings. The minimum Gasteiger partial charge on any atom is -0.366 e. The van der Waals surface area contributed by atoms with Crippen LogP contribution in [-0.2, 0) is 0 Å². The predicted octanol–water partition coefficient (Wildman–Crippen LogP) is 3.39. The Morgan fingerprint density at radius 2 is 2.11 bits per heavy atom. The third-order valence-corrected chi connectivity index (χ3v) is 4.31. The molecule has 102 valence electrons. The van der Waals surface area contributed by atoms with Crippen molar-refractivity contribution in [2.45, 2.75) is 50.4 Å². The largest absolute Gasteiger partial charge is 0.366 e. The number of pyridine rings is 1. The molecule has 0 bridgehead atoms. The van der Waals surface area contributed by atoms with E-state index in [9.17, 15) is 0 Å². The summed E-state index contributed by atoms with van der Waals surface area (Å²) in [5.74, 6) is 0.991. The number of rotatable bonds is 2. The summed E-state index contributed by atoms with van der Waals surface area (Å²) in [6.07, 6.45) is 7.56. The van der Waals surface area contributed by atoms with Crippen LogP contribution in [0.3, 0.4) is 0 Å². The highest BCUT2D eigenvalue weighted by Gasteiger charge is 2.22. The second-order valence-electron chi connectivity index (χ2n) is 5.35. The van der Waals surface area contributed by atoms with E-state index < -0.39 is 0 Å². The van der Waals surface area contributed by atoms with Gasteiger partial charge >= 0.3 is 0 Å². The Kier molecular flexibility index (Phi) is 3.60. The molecular formula is C14H19ClN4. The third-order valence-electron chi connectivity index (χ3n) is 3.79. The quantitative estimate of drug-likeness (QED) is 0.676. The summed E-state index contributed by atoms with van der Waals surface area (Å²) < 4.78 is 1.85. The molecule has 0 amide bonds. The molecule has 1 N–H and O–H groups in total. The molecule has 0 aromatic carbocycles. The highest BCUT2D eigenvalue weighted by atomic mass is 35.5. The van der Waals surface area contributed by atoms with E-state index in [1.54, 1.807) is 6.33 Å². The Balaban J connectivity index is 1.89. The third kappa shape index (κ3) is 2.68. The van der Waals surface area contributed by atoms with Crippen LogP contribution in [0.4, 0.5) is 5.82 Å². The van der Waals surface area contributed by atoms with Gasteiger partial charge in [-0.1, -0.05) is 19.3 Å². The molecule has 2 aromatic heterocycles. The lowest BCUT2D eigenvalue weighted by Gasteiger charge is -2.22. The molecule has 2 heterocycles. The number of aromatic nitrogens is 3. The second-order valence-corrected chi connectivity index (χ2v) is 5.91. The highest BCUT2D eigenvalue weighted by molar-refractivity contribution is 6.21. The number of aryl methyl sites for hydroxylation is 1. The van der Waals surface area contributed by atoms with Crippen LogP contribution >= 0.6 is 11.6 Å². The summed E-state index contributed by atoms with van der Waals surface area (Å²) >= 11 is 6.49. The van der Waals surface area contributed by atoms with E-state index in [2.05, 4.69) is 28.4 Å². The molecule has 4 nitrogen and oxygen atoms in total. The lowest BCUT2D eigenvalue weighted by atomic mass is 10.1. The smallest absolute Gasteiger partial charge is 0.157 e. The van der Waals surface area contributed by atoms with Crippen molar-refractivity contribution in [1.82, 2.24) is 14.6 Å². The van der Waals surface area contributed by atoms with Crippen molar-refractivity contribution in [3.8, 4) is 0 Å². The van der Waals surface area contributed by atoms with E-state index >= 15 is 0 Å². The molecule has 2 aromatic rings. The Labute approximate surface area is 118 Å². The predicted molar refractivity (Wildman–Crippen MR) is 77.9 cm³/mol. The summed E-state index contributed by atoms with van der Waals surface area (Å²) in [4.78, 5) is 4.25. The van der Waals surface area contributed by atoms with Crippen LogP contribution in [0.25, 0.3) is 5.65 Å². The molecule has 1 saturated carbocycles. The first-order valence-corrected chi connectivity index (χ1v) is 7.39. The highest BCUT2D eigenvalue weighted by Crippen LogP contribution is 2.25. The molecular weight excluding hydrogens is 260 g/mol. The van der Waals surface area contributed by atoms with Gasteiger partial charge in [-0.2, -0.15) is 9.61 Å². The lowest BCUT2D eigenvalue weighted by molar-refractivity contribution is 0.622. The monoisotopic (exact) mass is 278 g/mol. The molecule has 1 aliphatic rings. The minimum absolute atomic E-state index is 0.196. The fraction of sp³-hybridized carbons (Fsp3) is 0.571. The number of hydrogen-bond donors (Lipinski definition) is 1. The van der Waals surface area contributed by atoms with Gasteiger partial charge in [-0.05, 0) is 37.5 Å². The Bertz CT molecular complexity index is 566. The van der Waals surface area contributed by atoms with Crippen molar-refractivity contribution >= 4 is 23.1 Å². The number of alkyl halides is 1. The summed E-state index contributed by atoms with van der Waals surface area (Å²) in [7, 11) is 0. The Morgan fingerprint density at radius 1 is 1.26 bits per heavy atom. The second kappa shape index (κ2) is 5.37. The van der Waals surface area contributed by atoms with Gasteiger partial charge in [0.2, 0.25) is 0 Å². The van der Waals surface area contributed by atoms with Crippen LogP contribution in [0.2, 0.25) is 0 Å². The van der Waals surface area contributed by atoms with E-state index in [-0.39, 0.29) is 5.38 Å². The SMILES string of the molecule is Cc1cc(NC2CCCCCC2Cl)n2ncnc2c1. The molecule has 0 spiro atoms. The van der Waals surface area contributed by atoms with Gasteiger partial charge in [0.25, 0.3) is 0 Å². The van der Waals surface area contributed by atoms with Gasteiger partial charge in [-0.3, -0.25) is 0 Å². The number of hydrogen-bond acceptors (Lipinski definition) is 3. The summed E-state index contributed by atoms with van der Waals surface area (Å²) in [6.45, 7) is 2.07. The molecule has 0 aliphatic heterocycles. The van der Waals surface area contributed by atoms with Crippen molar-refractivity contribution in [1.29, 1.82) is 0 Å². The zero-order chi connectivity index (χ0) is 13.2. The van der Waals surface area contributed by atoms with Crippen LogP contribution in [-0.4, -0.2) is 26.0 Å². The molecule has 1 aliphatic carbocycles. The van der Waals surface area contributed by atoms with Crippen molar-refractivity contribution in [3.05, 3.63) is 24.0 Å². The fourth-order valence-corrected chi connectivity index (χ4v) is 3.12. The standard InChI is InChI=1S/C14H19ClN4/c1-10-7-13-16-9-17-19(13)14(8-10)18-12-6-4-2-3-5-11(12)15/h7-9,11-12,18H,2-6H2,1H3. The van der Waals surface area contributed by atoms with E-state index in [1.165, 1.54) is 24.8 Å². The summed E-state index contributed by atoms with van der Waals surface area (Å²) in [5.41, 5.74) is 2.06. The number of fused-ring (bicyclic) bond motifs is 1. The molecule has 0 saturated heterocycles. The van der Waals surface area contributed by atoms with Crippen LogP contribution in [0.1, 0.15) is 37.7 Å².